The highest BCUT2D eigenvalue weighted by atomic mass is 16.6. The van der Waals surface area contributed by atoms with E-state index in [0.717, 1.165) is 50.1 Å². The number of hydrogen-bond donors (Lipinski definition) is 1. The molecule has 6 heteroatoms. The van der Waals surface area contributed by atoms with Gasteiger partial charge in [-0.2, -0.15) is 0 Å². The summed E-state index contributed by atoms with van der Waals surface area (Å²) in [7, 11) is 0. The quantitative estimate of drug-likeness (QED) is 0.764. The van der Waals surface area contributed by atoms with E-state index in [4.69, 9.17) is 9.47 Å². The second kappa shape index (κ2) is 9.33. The molecule has 1 unspecified atom stereocenters. The van der Waals surface area contributed by atoms with Crippen LogP contribution in [-0.2, 0) is 16.0 Å². The molecular weight excluding hydrogens is 368 g/mol. The van der Waals surface area contributed by atoms with Crippen LogP contribution in [0.2, 0.25) is 0 Å². The topological polar surface area (TPSA) is 67.9 Å². The van der Waals surface area contributed by atoms with Crippen molar-refractivity contribution in [1.29, 1.82) is 0 Å². The molecule has 0 bridgehead atoms. The maximum absolute atomic E-state index is 12.2. The summed E-state index contributed by atoms with van der Waals surface area (Å²) in [5.74, 6) is 1.23. The van der Waals surface area contributed by atoms with Crippen molar-refractivity contribution < 1.29 is 19.1 Å². The molecule has 0 spiro atoms. The van der Waals surface area contributed by atoms with Crippen LogP contribution >= 0.6 is 0 Å². The highest BCUT2D eigenvalue weighted by molar-refractivity contribution is 5.91. The van der Waals surface area contributed by atoms with Crippen molar-refractivity contribution >= 4 is 18.1 Å². The Morgan fingerprint density at radius 3 is 2.97 bits per heavy atom. The van der Waals surface area contributed by atoms with Gasteiger partial charge < -0.3 is 19.7 Å². The number of hydrogen-bond acceptors (Lipinski definition) is 4. The highest BCUT2D eigenvalue weighted by Gasteiger charge is 2.27. The lowest BCUT2D eigenvalue weighted by atomic mass is 9.95. The molecular formula is C23H32N2O4. The second-order valence-corrected chi connectivity index (χ2v) is 8.81. The summed E-state index contributed by atoms with van der Waals surface area (Å²) in [6.45, 7) is 8.41. The Hall–Kier alpha value is -2.50. The monoisotopic (exact) mass is 400 g/mol. The number of nitrogens with one attached hydrogen (secondary N) is 1. The lowest BCUT2D eigenvalue weighted by Crippen LogP contribution is -2.43. The van der Waals surface area contributed by atoms with E-state index in [0.29, 0.717) is 19.0 Å². The van der Waals surface area contributed by atoms with Crippen molar-refractivity contribution in [2.24, 2.45) is 5.92 Å². The van der Waals surface area contributed by atoms with Gasteiger partial charge in [-0.25, -0.2) is 4.79 Å². The summed E-state index contributed by atoms with van der Waals surface area (Å²) in [6, 6.07) is 5.99. The van der Waals surface area contributed by atoms with E-state index in [9.17, 15) is 9.59 Å². The molecule has 29 heavy (non-hydrogen) atoms. The largest absolute Gasteiger partial charge is 0.493 e. The maximum atomic E-state index is 12.2. The van der Waals surface area contributed by atoms with Gasteiger partial charge in [-0.1, -0.05) is 6.07 Å². The van der Waals surface area contributed by atoms with Crippen molar-refractivity contribution in [2.75, 3.05) is 26.2 Å². The van der Waals surface area contributed by atoms with Crippen molar-refractivity contribution in [2.45, 2.75) is 52.1 Å². The average molecular weight is 401 g/mol. The molecule has 1 aromatic rings. The molecule has 1 fully saturated rings. The number of amides is 2. The molecule has 1 atom stereocenters. The molecule has 2 aliphatic heterocycles. The van der Waals surface area contributed by atoms with Gasteiger partial charge in [-0.3, -0.25) is 4.79 Å². The summed E-state index contributed by atoms with van der Waals surface area (Å²) < 4.78 is 11.0. The first-order valence-corrected chi connectivity index (χ1v) is 10.5. The molecule has 2 heterocycles. The Morgan fingerprint density at radius 1 is 1.34 bits per heavy atom. The summed E-state index contributed by atoms with van der Waals surface area (Å²) in [5.41, 5.74) is 1.72. The normalized spacial score (nSPS) is 19.0. The van der Waals surface area contributed by atoms with Gasteiger partial charge in [0.25, 0.3) is 0 Å². The van der Waals surface area contributed by atoms with Crippen LogP contribution in [0.15, 0.2) is 24.3 Å². The van der Waals surface area contributed by atoms with Crippen LogP contribution in [0.3, 0.4) is 0 Å². The third-order valence-corrected chi connectivity index (χ3v) is 5.16. The van der Waals surface area contributed by atoms with Crippen LogP contribution in [0.5, 0.6) is 5.75 Å². The standard InChI is InChI=1S/C23H32N2O4/c1-23(2,3)29-22(27)25-13-4-5-18(16-25)10-12-24-21(26)9-7-17-6-8-20-19(15-17)11-14-28-20/h6-9,15,18H,4-5,10-14,16H2,1-3H3,(H,24,26)/b9-7+. The van der Waals surface area contributed by atoms with Crippen LogP contribution in [0.1, 0.15) is 51.2 Å². The van der Waals surface area contributed by atoms with Crippen molar-refractivity contribution in [1.82, 2.24) is 10.2 Å². The molecule has 3 rings (SSSR count). The Morgan fingerprint density at radius 2 is 2.17 bits per heavy atom. The molecule has 0 aromatic heterocycles. The predicted octanol–water partition coefficient (Wildman–Crippen LogP) is 3.79. The minimum absolute atomic E-state index is 0.0958. The van der Waals surface area contributed by atoms with Crippen molar-refractivity contribution in [3.05, 3.63) is 35.4 Å². The summed E-state index contributed by atoms with van der Waals surface area (Å²) in [6.07, 6.45) is 6.99. The van der Waals surface area contributed by atoms with E-state index in [2.05, 4.69) is 11.4 Å². The van der Waals surface area contributed by atoms with Gasteiger partial charge in [-0.15, -0.1) is 0 Å². The molecule has 1 N–H and O–H groups in total. The number of fused-ring (bicyclic) bond motifs is 1. The predicted molar refractivity (Wildman–Crippen MR) is 113 cm³/mol. The molecule has 0 aliphatic carbocycles. The SMILES string of the molecule is CC(C)(C)OC(=O)N1CCCC(CCNC(=O)/C=C/c2ccc3c(c2)CCO3)C1. The zero-order chi connectivity index (χ0) is 20.9. The summed E-state index contributed by atoms with van der Waals surface area (Å²) in [4.78, 5) is 26.2. The first-order chi connectivity index (χ1) is 13.8. The fraction of sp³-hybridized carbons (Fsp3) is 0.565. The third kappa shape index (κ3) is 6.51. The summed E-state index contributed by atoms with van der Waals surface area (Å²) in [5, 5.41) is 2.95. The fourth-order valence-electron chi connectivity index (χ4n) is 3.73. The smallest absolute Gasteiger partial charge is 0.410 e. The molecule has 2 aliphatic rings. The van der Waals surface area contributed by atoms with E-state index < -0.39 is 5.60 Å². The van der Waals surface area contributed by atoms with Gasteiger partial charge >= 0.3 is 6.09 Å². The van der Waals surface area contributed by atoms with E-state index in [1.54, 1.807) is 11.0 Å². The number of rotatable bonds is 5. The Balaban J connectivity index is 1.40. The zero-order valence-corrected chi connectivity index (χ0v) is 17.7. The van der Waals surface area contributed by atoms with Crippen LogP contribution in [-0.4, -0.2) is 48.7 Å². The van der Waals surface area contributed by atoms with Crippen LogP contribution in [0, 0.1) is 5.92 Å². The van der Waals surface area contributed by atoms with E-state index in [1.165, 1.54) is 5.56 Å². The minimum atomic E-state index is -0.476. The van der Waals surface area contributed by atoms with Crippen molar-refractivity contribution in [3.8, 4) is 5.75 Å². The Labute approximate surface area is 173 Å². The number of carbonyl (C=O) groups is 2. The zero-order valence-electron chi connectivity index (χ0n) is 17.7. The van der Waals surface area contributed by atoms with E-state index in [1.807, 2.05) is 39.0 Å². The summed E-state index contributed by atoms with van der Waals surface area (Å²) >= 11 is 0. The third-order valence-electron chi connectivity index (χ3n) is 5.16. The van der Waals surface area contributed by atoms with Crippen molar-refractivity contribution in [3.63, 3.8) is 0 Å². The Bertz CT molecular complexity index is 767. The maximum Gasteiger partial charge on any atom is 0.410 e. The molecule has 2 amide bonds. The number of nitrogens with zero attached hydrogens (tertiary/aromatic N) is 1. The molecule has 158 valence electrons. The van der Waals surface area contributed by atoms with E-state index >= 15 is 0 Å². The molecule has 1 saturated heterocycles. The van der Waals surface area contributed by atoms with Gasteiger partial charge in [0.05, 0.1) is 6.61 Å². The minimum Gasteiger partial charge on any atom is -0.493 e. The lowest BCUT2D eigenvalue weighted by molar-refractivity contribution is -0.116. The molecule has 6 nitrogen and oxygen atoms in total. The first-order valence-electron chi connectivity index (χ1n) is 10.5. The van der Waals surface area contributed by atoms with Gasteiger partial charge in [0, 0.05) is 32.1 Å². The van der Waals surface area contributed by atoms with Crippen LogP contribution < -0.4 is 10.1 Å². The van der Waals surface area contributed by atoms with E-state index in [-0.39, 0.29) is 12.0 Å². The highest BCUT2D eigenvalue weighted by Crippen LogP contribution is 2.26. The number of benzene rings is 1. The van der Waals surface area contributed by atoms with Gasteiger partial charge in [0.15, 0.2) is 0 Å². The lowest BCUT2D eigenvalue weighted by Gasteiger charge is -2.34. The molecule has 1 aromatic carbocycles. The fourth-order valence-corrected chi connectivity index (χ4v) is 3.73. The number of likely N-dealkylation sites (tertiary alicyclic amines) is 1. The van der Waals surface area contributed by atoms with Gasteiger partial charge in [0.1, 0.15) is 11.4 Å². The Kier molecular flexibility index (Phi) is 6.83. The number of ether oxygens (including phenoxy) is 2. The van der Waals surface area contributed by atoms with Crippen LogP contribution in [0.4, 0.5) is 4.79 Å². The number of piperidine rings is 1. The molecule has 0 radical (unpaired) electrons. The van der Waals surface area contributed by atoms with Gasteiger partial charge in [-0.05, 0) is 75.3 Å². The van der Waals surface area contributed by atoms with Crippen LogP contribution in [0.25, 0.3) is 6.08 Å². The first kappa shape index (κ1) is 21.2. The average Bonchev–Trinajstić information content (AvgIpc) is 3.13. The number of carbonyl (C=O) groups excluding carboxylic acids is 2. The second-order valence-electron chi connectivity index (χ2n) is 8.81. The van der Waals surface area contributed by atoms with Gasteiger partial charge in [0.2, 0.25) is 5.91 Å². The molecule has 0 saturated carbocycles.